The average molecular weight is 365 g/mol. The highest BCUT2D eigenvalue weighted by Gasteiger charge is 2.08. The number of methoxy groups -OCH3 is 1. The van der Waals surface area contributed by atoms with Crippen molar-refractivity contribution in [3.05, 3.63) is 59.1 Å². The summed E-state index contributed by atoms with van der Waals surface area (Å²) >= 11 is 11.0. The van der Waals surface area contributed by atoms with Gasteiger partial charge in [-0.1, -0.05) is 23.7 Å². The van der Waals surface area contributed by atoms with Crippen molar-refractivity contribution < 1.29 is 14.3 Å². The van der Waals surface area contributed by atoms with Crippen molar-refractivity contribution in [2.75, 3.05) is 25.6 Å². The monoisotopic (exact) mass is 364 g/mol. The molecule has 0 aliphatic carbocycles. The Balaban J connectivity index is 1.92. The number of rotatable bonds is 6. The Bertz CT molecular complexity index is 724. The predicted molar refractivity (Wildman–Crippen MR) is 99.0 cm³/mol. The second kappa shape index (κ2) is 9.22. The van der Waals surface area contributed by atoms with E-state index in [1.54, 1.807) is 37.4 Å². The fourth-order valence-electron chi connectivity index (χ4n) is 1.87. The molecule has 0 bridgehead atoms. The van der Waals surface area contributed by atoms with Crippen molar-refractivity contribution in [3.8, 4) is 5.75 Å². The molecule has 0 radical (unpaired) electrons. The van der Waals surface area contributed by atoms with Crippen LogP contribution in [-0.2, 0) is 4.74 Å². The van der Waals surface area contributed by atoms with E-state index in [2.05, 4.69) is 10.6 Å². The second-order valence-electron chi connectivity index (χ2n) is 4.79. The molecule has 0 saturated carbocycles. The van der Waals surface area contributed by atoms with Crippen LogP contribution < -0.4 is 15.4 Å². The fourth-order valence-corrected chi connectivity index (χ4v) is 2.27. The highest BCUT2D eigenvalue weighted by atomic mass is 35.5. The van der Waals surface area contributed by atoms with Gasteiger partial charge in [0.25, 0.3) is 5.91 Å². The SMILES string of the molecule is COCCOc1cccc(NC(=S)NC(=O)c2cccc(Cl)c2)c1. The number of thiocarbonyl (C=S) groups is 1. The van der Waals surface area contributed by atoms with Crippen molar-refractivity contribution >= 4 is 40.5 Å². The van der Waals surface area contributed by atoms with Crippen LogP contribution in [0.3, 0.4) is 0 Å². The van der Waals surface area contributed by atoms with E-state index >= 15 is 0 Å². The van der Waals surface area contributed by atoms with Crippen LogP contribution in [-0.4, -0.2) is 31.3 Å². The second-order valence-corrected chi connectivity index (χ2v) is 5.63. The third kappa shape index (κ3) is 5.81. The molecule has 0 fully saturated rings. The Morgan fingerprint density at radius 1 is 1.17 bits per heavy atom. The molecule has 126 valence electrons. The number of halogens is 1. The van der Waals surface area contributed by atoms with Crippen LogP contribution in [0.15, 0.2) is 48.5 Å². The number of hydrogen-bond donors (Lipinski definition) is 2. The molecule has 0 heterocycles. The third-order valence-electron chi connectivity index (χ3n) is 2.96. The van der Waals surface area contributed by atoms with Gasteiger partial charge in [-0.3, -0.25) is 10.1 Å². The molecule has 2 N–H and O–H groups in total. The summed E-state index contributed by atoms with van der Waals surface area (Å²) in [4.78, 5) is 12.1. The number of anilines is 1. The minimum Gasteiger partial charge on any atom is -0.491 e. The van der Waals surface area contributed by atoms with E-state index in [0.717, 1.165) is 0 Å². The van der Waals surface area contributed by atoms with Gasteiger partial charge in [0, 0.05) is 29.4 Å². The molecule has 2 aromatic rings. The van der Waals surface area contributed by atoms with Crippen LogP contribution in [0.1, 0.15) is 10.4 Å². The summed E-state index contributed by atoms with van der Waals surface area (Å²) in [6, 6.07) is 13.9. The first-order chi connectivity index (χ1) is 11.6. The van der Waals surface area contributed by atoms with Crippen molar-refractivity contribution in [2.45, 2.75) is 0 Å². The Hall–Kier alpha value is -2.15. The van der Waals surface area contributed by atoms with Crippen LogP contribution in [0, 0.1) is 0 Å². The van der Waals surface area contributed by atoms with Crippen LogP contribution in [0.4, 0.5) is 5.69 Å². The van der Waals surface area contributed by atoms with Gasteiger partial charge >= 0.3 is 0 Å². The van der Waals surface area contributed by atoms with Gasteiger partial charge in [-0.25, -0.2) is 0 Å². The largest absolute Gasteiger partial charge is 0.491 e. The zero-order valence-electron chi connectivity index (χ0n) is 13.0. The molecule has 24 heavy (non-hydrogen) atoms. The number of hydrogen-bond acceptors (Lipinski definition) is 4. The molecular weight excluding hydrogens is 348 g/mol. The molecule has 0 unspecified atom stereocenters. The Morgan fingerprint density at radius 2 is 1.96 bits per heavy atom. The van der Waals surface area contributed by atoms with Crippen LogP contribution in [0.5, 0.6) is 5.75 Å². The molecule has 0 saturated heterocycles. The molecule has 0 atom stereocenters. The molecule has 1 amide bonds. The van der Waals surface area contributed by atoms with Crippen LogP contribution >= 0.6 is 23.8 Å². The molecule has 5 nitrogen and oxygen atoms in total. The lowest BCUT2D eigenvalue weighted by atomic mass is 10.2. The molecule has 0 aromatic heterocycles. The highest BCUT2D eigenvalue weighted by molar-refractivity contribution is 7.80. The van der Waals surface area contributed by atoms with Gasteiger partial charge in [0.2, 0.25) is 0 Å². The number of amides is 1. The molecule has 0 aliphatic heterocycles. The van der Waals surface area contributed by atoms with E-state index in [1.165, 1.54) is 0 Å². The summed E-state index contributed by atoms with van der Waals surface area (Å²) in [7, 11) is 1.61. The minimum atomic E-state index is -0.331. The zero-order chi connectivity index (χ0) is 17.4. The summed E-state index contributed by atoms with van der Waals surface area (Å²) in [6.07, 6.45) is 0. The first kappa shape index (κ1) is 18.2. The Morgan fingerprint density at radius 3 is 2.71 bits per heavy atom. The normalized spacial score (nSPS) is 10.1. The maximum Gasteiger partial charge on any atom is 0.257 e. The highest BCUT2D eigenvalue weighted by Crippen LogP contribution is 2.17. The molecule has 0 spiro atoms. The quantitative estimate of drug-likeness (QED) is 0.607. The molecular formula is C17H17ClN2O3S. The summed E-state index contributed by atoms with van der Waals surface area (Å²) in [6.45, 7) is 0.960. The molecule has 2 aromatic carbocycles. The number of ether oxygens (including phenoxy) is 2. The maximum absolute atomic E-state index is 12.1. The Kier molecular flexibility index (Phi) is 6.99. The van der Waals surface area contributed by atoms with Gasteiger partial charge in [-0.15, -0.1) is 0 Å². The lowest BCUT2D eigenvalue weighted by molar-refractivity contribution is 0.0977. The Labute approximate surface area is 150 Å². The fraction of sp³-hybridized carbons (Fsp3) is 0.176. The van der Waals surface area contributed by atoms with Crippen molar-refractivity contribution in [3.63, 3.8) is 0 Å². The van der Waals surface area contributed by atoms with E-state index in [4.69, 9.17) is 33.3 Å². The summed E-state index contributed by atoms with van der Waals surface area (Å²) in [5.41, 5.74) is 1.14. The zero-order valence-corrected chi connectivity index (χ0v) is 14.6. The smallest absolute Gasteiger partial charge is 0.257 e. The molecule has 0 aliphatic rings. The molecule has 2 rings (SSSR count). The topological polar surface area (TPSA) is 59.6 Å². The van der Waals surface area contributed by atoms with E-state index < -0.39 is 0 Å². The van der Waals surface area contributed by atoms with Gasteiger partial charge in [0.05, 0.1) is 6.61 Å². The van der Waals surface area contributed by atoms with Gasteiger partial charge in [0.1, 0.15) is 12.4 Å². The van der Waals surface area contributed by atoms with E-state index in [-0.39, 0.29) is 11.0 Å². The third-order valence-corrected chi connectivity index (χ3v) is 3.40. The number of carbonyl (C=O) groups excluding carboxylic acids is 1. The van der Waals surface area contributed by atoms with E-state index in [1.807, 2.05) is 18.2 Å². The van der Waals surface area contributed by atoms with Gasteiger partial charge in [-0.2, -0.15) is 0 Å². The van der Waals surface area contributed by atoms with Gasteiger partial charge in [-0.05, 0) is 42.5 Å². The van der Waals surface area contributed by atoms with Crippen molar-refractivity contribution in [1.29, 1.82) is 0 Å². The number of benzene rings is 2. The summed E-state index contributed by atoms with van der Waals surface area (Å²) < 4.78 is 10.5. The number of carbonyl (C=O) groups is 1. The van der Waals surface area contributed by atoms with Crippen LogP contribution in [0.2, 0.25) is 5.02 Å². The van der Waals surface area contributed by atoms with E-state index in [0.29, 0.717) is 35.2 Å². The predicted octanol–water partition coefficient (Wildman–Crippen LogP) is 3.49. The minimum absolute atomic E-state index is 0.189. The van der Waals surface area contributed by atoms with E-state index in [9.17, 15) is 4.79 Å². The molecule has 7 heteroatoms. The maximum atomic E-state index is 12.1. The van der Waals surface area contributed by atoms with Gasteiger partial charge in [0.15, 0.2) is 5.11 Å². The lowest BCUT2D eigenvalue weighted by Crippen LogP contribution is -2.34. The average Bonchev–Trinajstić information content (AvgIpc) is 2.55. The van der Waals surface area contributed by atoms with Crippen molar-refractivity contribution in [1.82, 2.24) is 5.32 Å². The van der Waals surface area contributed by atoms with Crippen LogP contribution in [0.25, 0.3) is 0 Å². The summed E-state index contributed by atoms with van der Waals surface area (Å²) in [5.74, 6) is 0.350. The first-order valence-corrected chi connectivity index (χ1v) is 7.97. The number of nitrogens with one attached hydrogen (secondary N) is 2. The summed E-state index contributed by atoms with van der Waals surface area (Å²) in [5, 5.41) is 6.23. The van der Waals surface area contributed by atoms with Crippen molar-refractivity contribution in [2.24, 2.45) is 0 Å². The first-order valence-electron chi connectivity index (χ1n) is 7.18. The van der Waals surface area contributed by atoms with Gasteiger partial charge < -0.3 is 14.8 Å². The standard InChI is InChI=1S/C17H17ClN2O3S/c1-22-8-9-23-15-7-3-6-14(11-15)19-17(24)20-16(21)12-4-2-5-13(18)10-12/h2-7,10-11H,8-9H2,1H3,(H2,19,20,21,24). The lowest BCUT2D eigenvalue weighted by Gasteiger charge is -2.11.